The van der Waals surface area contributed by atoms with Gasteiger partial charge in [-0.1, -0.05) is 34.1 Å². The molecule has 0 aromatic heterocycles. The molecule has 1 nitrogen and oxygen atoms in total. The molecule has 0 heterocycles. The lowest BCUT2D eigenvalue weighted by molar-refractivity contribution is 0.303. The molecular formula is C10H10BrFO. The van der Waals surface area contributed by atoms with E-state index in [-0.39, 0.29) is 12.4 Å². The minimum absolute atomic E-state index is 0.0859. The highest BCUT2D eigenvalue weighted by Gasteiger charge is 2.01. The van der Waals surface area contributed by atoms with Crippen LogP contribution in [-0.2, 0) is 0 Å². The van der Waals surface area contributed by atoms with Crippen molar-refractivity contribution in [1.82, 2.24) is 0 Å². The third kappa shape index (κ3) is 2.94. The summed E-state index contributed by atoms with van der Waals surface area (Å²) in [6, 6.07) is 4.83. The molecule has 0 bridgehead atoms. The molecule has 0 radical (unpaired) electrons. The Hall–Kier alpha value is -0.670. The average molecular weight is 245 g/mol. The minimum Gasteiger partial charge on any atom is -0.396 e. The van der Waals surface area contributed by atoms with Gasteiger partial charge in [-0.15, -0.1) is 0 Å². The van der Waals surface area contributed by atoms with Gasteiger partial charge >= 0.3 is 0 Å². The summed E-state index contributed by atoms with van der Waals surface area (Å²) < 4.78 is 13.9. The van der Waals surface area contributed by atoms with Crippen LogP contribution in [0.4, 0.5) is 4.39 Å². The molecule has 1 N–H and O–H groups in total. The second-order valence-corrected chi connectivity index (χ2v) is 3.40. The molecule has 0 aliphatic carbocycles. The van der Waals surface area contributed by atoms with Crippen molar-refractivity contribution in [3.63, 3.8) is 0 Å². The predicted octanol–water partition coefficient (Wildman–Crippen LogP) is 2.98. The van der Waals surface area contributed by atoms with Crippen molar-refractivity contribution in [2.75, 3.05) is 6.61 Å². The van der Waals surface area contributed by atoms with Crippen LogP contribution in [0.2, 0.25) is 0 Å². The van der Waals surface area contributed by atoms with E-state index in [1.54, 1.807) is 24.3 Å². The van der Waals surface area contributed by atoms with Gasteiger partial charge in [0.15, 0.2) is 0 Å². The molecule has 0 aliphatic heterocycles. The van der Waals surface area contributed by atoms with E-state index in [0.717, 1.165) is 4.47 Å². The summed E-state index contributed by atoms with van der Waals surface area (Å²) in [6.45, 7) is 0.0859. The van der Waals surface area contributed by atoms with Gasteiger partial charge in [-0.05, 0) is 18.6 Å². The lowest BCUT2D eigenvalue weighted by Gasteiger charge is -1.99. The van der Waals surface area contributed by atoms with Crippen LogP contribution in [0.5, 0.6) is 0 Å². The van der Waals surface area contributed by atoms with Crippen LogP contribution in [-0.4, -0.2) is 11.7 Å². The number of hydrogen-bond acceptors (Lipinski definition) is 1. The molecule has 0 saturated heterocycles. The Morgan fingerprint density at radius 3 is 2.85 bits per heavy atom. The summed E-state index contributed by atoms with van der Waals surface area (Å²) in [5.74, 6) is -0.261. The third-order valence-electron chi connectivity index (χ3n) is 1.58. The van der Waals surface area contributed by atoms with Gasteiger partial charge in [-0.2, -0.15) is 0 Å². The molecule has 0 aliphatic rings. The number of aliphatic hydroxyl groups excluding tert-OH is 1. The molecule has 1 aromatic rings. The zero-order chi connectivity index (χ0) is 9.68. The molecule has 0 amide bonds. The Balaban J connectivity index is 2.87. The third-order valence-corrected chi connectivity index (χ3v) is 2.27. The quantitative estimate of drug-likeness (QED) is 0.867. The Kier molecular flexibility index (Phi) is 4.12. The molecule has 1 aromatic carbocycles. The van der Waals surface area contributed by atoms with Crippen LogP contribution in [0, 0.1) is 5.82 Å². The van der Waals surface area contributed by atoms with E-state index < -0.39 is 0 Å². The largest absolute Gasteiger partial charge is 0.396 e. The van der Waals surface area contributed by atoms with E-state index in [1.165, 1.54) is 6.07 Å². The van der Waals surface area contributed by atoms with Crippen molar-refractivity contribution < 1.29 is 9.50 Å². The number of rotatable bonds is 3. The lowest BCUT2D eigenvalue weighted by atomic mass is 10.2. The van der Waals surface area contributed by atoms with Gasteiger partial charge in [0.05, 0.1) is 0 Å². The molecule has 0 atom stereocenters. The Bertz CT molecular complexity index is 290. The van der Waals surface area contributed by atoms with Crippen molar-refractivity contribution in [2.45, 2.75) is 6.42 Å². The van der Waals surface area contributed by atoms with Gasteiger partial charge in [-0.3, -0.25) is 0 Å². The first-order valence-electron chi connectivity index (χ1n) is 3.97. The van der Waals surface area contributed by atoms with E-state index in [0.29, 0.717) is 12.0 Å². The van der Waals surface area contributed by atoms with Crippen LogP contribution >= 0.6 is 15.9 Å². The molecule has 0 fully saturated rings. The topological polar surface area (TPSA) is 20.2 Å². The second kappa shape index (κ2) is 5.14. The summed E-state index contributed by atoms with van der Waals surface area (Å²) in [5.41, 5.74) is 0.524. The summed E-state index contributed by atoms with van der Waals surface area (Å²) in [5, 5.41) is 8.53. The fourth-order valence-corrected chi connectivity index (χ4v) is 1.42. The van der Waals surface area contributed by atoms with E-state index >= 15 is 0 Å². The van der Waals surface area contributed by atoms with E-state index in [2.05, 4.69) is 15.9 Å². The van der Waals surface area contributed by atoms with Crippen LogP contribution in [0.1, 0.15) is 12.0 Å². The van der Waals surface area contributed by atoms with Crippen LogP contribution in [0.3, 0.4) is 0 Å². The van der Waals surface area contributed by atoms with Gasteiger partial charge in [0, 0.05) is 16.6 Å². The fourth-order valence-electron chi connectivity index (χ4n) is 0.946. The summed E-state index contributed by atoms with van der Waals surface area (Å²) in [4.78, 5) is 0. The maximum absolute atomic E-state index is 13.1. The highest BCUT2D eigenvalue weighted by atomic mass is 79.9. The highest BCUT2D eigenvalue weighted by molar-refractivity contribution is 9.10. The van der Waals surface area contributed by atoms with E-state index in [1.807, 2.05) is 0 Å². The number of halogens is 2. The standard InChI is InChI=1S/C10H10BrFO/c11-9-5-3-6-10(12)8(9)4-1-2-7-13/h1,3-6,13H,2,7H2. The van der Waals surface area contributed by atoms with Crippen molar-refractivity contribution in [3.8, 4) is 0 Å². The Morgan fingerprint density at radius 1 is 1.46 bits per heavy atom. The highest BCUT2D eigenvalue weighted by Crippen LogP contribution is 2.20. The zero-order valence-corrected chi connectivity index (χ0v) is 8.59. The Morgan fingerprint density at radius 2 is 2.23 bits per heavy atom. The Labute approximate surface area is 85.0 Å². The molecule has 1 rings (SSSR count). The molecule has 13 heavy (non-hydrogen) atoms. The fraction of sp³-hybridized carbons (Fsp3) is 0.200. The lowest BCUT2D eigenvalue weighted by Crippen LogP contribution is -1.83. The molecule has 0 unspecified atom stereocenters. The normalized spacial score (nSPS) is 11.0. The zero-order valence-electron chi connectivity index (χ0n) is 7.00. The monoisotopic (exact) mass is 244 g/mol. The number of hydrogen-bond donors (Lipinski definition) is 1. The van der Waals surface area contributed by atoms with E-state index in [4.69, 9.17) is 5.11 Å². The van der Waals surface area contributed by atoms with Gasteiger partial charge in [0.1, 0.15) is 5.82 Å². The maximum atomic E-state index is 13.1. The molecule has 70 valence electrons. The van der Waals surface area contributed by atoms with Crippen LogP contribution in [0.15, 0.2) is 28.7 Å². The first-order chi connectivity index (χ1) is 6.25. The first kappa shape index (κ1) is 10.4. The maximum Gasteiger partial charge on any atom is 0.131 e. The molecule has 0 saturated carbocycles. The summed E-state index contributed by atoms with van der Waals surface area (Å²) in [6.07, 6.45) is 3.94. The van der Waals surface area contributed by atoms with Crippen molar-refractivity contribution in [1.29, 1.82) is 0 Å². The molecular weight excluding hydrogens is 235 g/mol. The van der Waals surface area contributed by atoms with Crippen LogP contribution < -0.4 is 0 Å². The van der Waals surface area contributed by atoms with Gasteiger partial charge in [-0.25, -0.2) is 4.39 Å². The van der Waals surface area contributed by atoms with Crippen molar-refractivity contribution >= 4 is 22.0 Å². The van der Waals surface area contributed by atoms with Gasteiger partial charge in [0.25, 0.3) is 0 Å². The van der Waals surface area contributed by atoms with Crippen molar-refractivity contribution in [2.24, 2.45) is 0 Å². The molecule has 0 spiro atoms. The van der Waals surface area contributed by atoms with Crippen LogP contribution in [0.25, 0.3) is 6.08 Å². The minimum atomic E-state index is -0.261. The predicted molar refractivity (Wildman–Crippen MR) is 54.8 cm³/mol. The second-order valence-electron chi connectivity index (χ2n) is 2.55. The average Bonchev–Trinajstić information content (AvgIpc) is 2.10. The summed E-state index contributed by atoms with van der Waals surface area (Å²) >= 11 is 3.25. The van der Waals surface area contributed by atoms with E-state index in [9.17, 15) is 4.39 Å². The molecule has 3 heteroatoms. The SMILES string of the molecule is OCCC=Cc1c(F)cccc1Br. The smallest absolute Gasteiger partial charge is 0.131 e. The van der Waals surface area contributed by atoms with Gasteiger partial charge in [0.2, 0.25) is 0 Å². The van der Waals surface area contributed by atoms with Gasteiger partial charge < -0.3 is 5.11 Å². The number of aliphatic hydroxyl groups is 1. The first-order valence-corrected chi connectivity index (χ1v) is 4.76. The number of benzene rings is 1. The van der Waals surface area contributed by atoms with Crippen molar-refractivity contribution in [3.05, 3.63) is 40.1 Å². The summed E-state index contributed by atoms with van der Waals surface area (Å²) in [7, 11) is 0.